The number of hydrogen-bond acceptors (Lipinski definition) is 4. The maximum absolute atomic E-state index is 12.1. The summed E-state index contributed by atoms with van der Waals surface area (Å²) in [5.41, 5.74) is 2.40. The maximum Gasteiger partial charge on any atom is 0.269 e. The highest BCUT2D eigenvalue weighted by molar-refractivity contribution is 6.30. The monoisotopic (exact) mass is 359 g/mol. The van der Waals surface area contributed by atoms with Crippen molar-refractivity contribution in [1.82, 2.24) is 10.3 Å². The third-order valence-corrected chi connectivity index (χ3v) is 4.38. The van der Waals surface area contributed by atoms with E-state index in [0.717, 1.165) is 43.7 Å². The number of pyridine rings is 1. The van der Waals surface area contributed by atoms with Gasteiger partial charge < -0.3 is 15.4 Å². The van der Waals surface area contributed by atoms with Gasteiger partial charge in [-0.2, -0.15) is 0 Å². The average molecular weight is 360 g/mol. The van der Waals surface area contributed by atoms with Crippen LogP contribution in [0.5, 0.6) is 0 Å². The average Bonchev–Trinajstić information content (AvgIpc) is 3.14. The molecule has 1 amide bonds. The third kappa shape index (κ3) is 5.44. The Balaban J connectivity index is 1.43. The molecule has 1 aromatic carbocycles. The summed E-state index contributed by atoms with van der Waals surface area (Å²) in [4.78, 5) is 16.4. The summed E-state index contributed by atoms with van der Waals surface area (Å²) < 4.78 is 5.57. The molecule has 0 aliphatic carbocycles. The van der Waals surface area contributed by atoms with Crippen molar-refractivity contribution in [1.29, 1.82) is 0 Å². The van der Waals surface area contributed by atoms with E-state index in [2.05, 4.69) is 15.6 Å². The van der Waals surface area contributed by atoms with Crippen molar-refractivity contribution in [3.63, 3.8) is 0 Å². The Hall–Kier alpha value is -2.11. The minimum atomic E-state index is -0.173. The maximum atomic E-state index is 12.1. The summed E-state index contributed by atoms with van der Waals surface area (Å²) in [6.45, 7) is 2.16. The number of carbonyl (C=O) groups excluding carboxylic acids is 1. The second-order valence-corrected chi connectivity index (χ2v) is 6.52. The fourth-order valence-corrected chi connectivity index (χ4v) is 2.99. The van der Waals surface area contributed by atoms with Gasteiger partial charge in [0, 0.05) is 24.7 Å². The highest BCUT2D eigenvalue weighted by atomic mass is 35.5. The van der Waals surface area contributed by atoms with Crippen LogP contribution in [-0.2, 0) is 11.2 Å². The molecule has 0 saturated carbocycles. The molecule has 2 N–H and O–H groups in total. The first-order valence-corrected chi connectivity index (χ1v) is 8.93. The molecule has 0 spiro atoms. The zero-order chi connectivity index (χ0) is 17.5. The first kappa shape index (κ1) is 17.7. The molecule has 0 radical (unpaired) electrons. The molecular formula is C19H22ClN3O2. The molecule has 1 aliphatic rings. The molecule has 1 fully saturated rings. The van der Waals surface area contributed by atoms with Crippen LogP contribution in [0.1, 0.15) is 28.9 Å². The SMILES string of the molecule is O=C(NCCc1cccc(Cl)c1)c1ccc(NCC2CCCO2)cn1. The molecule has 1 aliphatic heterocycles. The number of nitrogens with one attached hydrogen (secondary N) is 2. The Kier molecular flexibility index (Phi) is 6.25. The van der Waals surface area contributed by atoms with Gasteiger partial charge in [-0.1, -0.05) is 23.7 Å². The van der Waals surface area contributed by atoms with Crippen LogP contribution in [0.2, 0.25) is 5.02 Å². The van der Waals surface area contributed by atoms with Gasteiger partial charge in [-0.3, -0.25) is 4.79 Å². The number of benzene rings is 1. The predicted molar refractivity (Wildman–Crippen MR) is 99.2 cm³/mol. The van der Waals surface area contributed by atoms with Gasteiger partial charge in [0.15, 0.2) is 0 Å². The van der Waals surface area contributed by atoms with Crippen molar-refractivity contribution in [3.8, 4) is 0 Å². The summed E-state index contributed by atoms with van der Waals surface area (Å²) in [6.07, 6.45) is 4.90. The number of aromatic nitrogens is 1. The number of nitrogens with zero attached hydrogens (tertiary/aromatic N) is 1. The standard InChI is InChI=1S/C19H22ClN3O2/c20-15-4-1-3-14(11-15)8-9-21-19(24)18-7-6-16(12-23-18)22-13-17-5-2-10-25-17/h1,3-4,6-7,11-12,17,22H,2,5,8-10,13H2,(H,21,24). The Morgan fingerprint density at radius 3 is 2.96 bits per heavy atom. The summed E-state index contributed by atoms with van der Waals surface area (Å²) >= 11 is 5.95. The van der Waals surface area contributed by atoms with Gasteiger partial charge in [-0.05, 0) is 49.1 Å². The van der Waals surface area contributed by atoms with E-state index >= 15 is 0 Å². The van der Waals surface area contributed by atoms with E-state index in [1.54, 1.807) is 12.3 Å². The minimum absolute atomic E-state index is 0.173. The van der Waals surface area contributed by atoms with E-state index in [1.165, 1.54) is 0 Å². The molecule has 1 unspecified atom stereocenters. The first-order valence-electron chi connectivity index (χ1n) is 8.55. The van der Waals surface area contributed by atoms with Crippen molar-refractivity contribution >= 4 is 23.2 Å². The number of ether oxygens (including phenoxy) is 1. The number of carbonyl (C=O) groups is 1. The molecule has 25 heavy (non-hydrogen) atoms. The quantitative estimate of drug-likeness (QED) is 0.796. The molecule has 132 valence electrons. The summed E-state index contributed by atoms with van der Waals surface area (Å²) in [5, 5.41) is 6.87. The lowest BCUT2D eigenvalue weighted by Crippen LogP contribution is -2.26. The van der Waals surface area contributed by atoms with E-state index in [4.69, 9.17) is 16.3 Å². The van der Waals surface area contributed by atoms with Gasteiger partial charge in [0.1, 0.15) is 5.69 Å². The Labute approximate surface area is 152 Å². The van der Waals surface area contributed by atoms with Crippen LogP contribution in [0.25, 0.3) is 0 Å². The molecule has 0 bridgehead atoms. The van der Waals surface area contributed by atoms with E-state index < -0.39 is 0 Å². The zero-order valence-electron chi connectivity index (χ0n) is 14.0. The lowest BCUT2D eigenvalue weighted by atomic mass is 10.1. The van der Waals surface area contributed by atoms with Gasteiger partial charge in [0.05, 0.1) is 18.0 Å². The molecule has 1 atom stereocenters. The van der Waals surface area contributed by atoms with Crippen molar-refractivity contribution < 1.29 is 9.53 Å². The van der Waals surface area contributed by atoms with Crippen LogP contribution in [-0.4, -0.2) is 36.7 Å². The third-order valence-electron chi connectivity index (χ3n) is 4.14. The largest absolute Gasteiger partial charge is 0.381 e. The molecular weight excluding hydrogens is 338 g/mol. The van der Waals surface area contributed by atoms with Gasteiger partial charge in [0.25, 0.3) is 5.91 Å². The van der Waals surface area contributed by atoms with Crippen LogP contribution in [0.15, 0.2) is 42.6 Å². The fraction of sp³-hybridized carbons (Fsp3) is 0.368. The van der Waals surface area contributed by atoms with Gasteiger partial charge in [-0.15, -0.1) is 0 Å². The summed E-state index contributed by atoms with van der Waals surface area (Å²) in [7, 11) is 0. The smallest absolute Gasteiger partial charge is 0.269 e. The molecule has 1 saturated heterocycles. The fourth-order valence-electron chi connectivity index (χ4n) is 2.77. The molecule has 3 rings (SSSR count). The minimum Gasteiger partial charge on any atom is -0.381 e. The Bertz CT molecular complexity index is 700. The molecule has 5 nitrogen and oxygen atoms in total. The van der Waals surface area contributed by atoms with Crippen molar-refractivity contribution in [2.45, 2.75) is 25.4 Å². The van der Waals surface area contributed by atoms with E-state index in [-0.39, 0.29) is 12.0 Å². The van der Waals surface area contributed by atoms with Crippen LogP contribution in [0, 0.1) is 0 Å². The van der Waals surface area contributed by atoms with E-state index in [1.807, 2.05) is 30.3 Å². The summed E-state index contributed by atoms with van der Waals surface area (Å²) in [5.74, 6) is -0.173. The second-order valence-electron chi connectivity index (χ2n) is 6.08. The number of rotatable bonds is 7. The van der Waals surface area contributed by atoms with Gasteiger partial charge >= 0.3 is 0 Å². The number of halogens is 1. The molecule has 2 aromatic rings. The van der Waals surface area contributed by atoms with Crippen molar-refractivity contribution in [3.05, 3.63) is 58.9 Å². The number of hydrogen-bond donors (Lipinski definition) is 2. The lowest BCUT2D eigenvalue weighted by molar-refractivity contribution is 0.0949. The number of anilines is 1. The van der Waals surface area contributed by atoms with Gasteiger partial charge in [-0.25, -0.2) is 4.98 Å². The van der Waals surface area contributed by atoms with Crippen LogP contribution >= 0.6 is 11.6 Å². The molecule has 6 heteroatoms. The van der Waals surface area contributed by atoms with E-state index in [0.29, 0.717) is 17.3 Å². The Morgan fingerprint density at radius 1 is 1.32 bits per heavy atom. The predicted octanol–water partition coefficient (Wildman–Crippen LogP) is 3.30. The molecule has 1 aromatic heterocycles. The summed E-state index contributed by atoms with van der Waals surface area (Å²) in [6, 6.07) is 11.2. The highest BCUT2D eigenvalue weighted by Gasteiger charge is 2.15. The van der Waals surface area contributed by atoms with E-state index in [9.17, 15) is 4.79 Å². The zero-order valence-corrected chi connectivity index (χ0v) is 14.8. The van der Waals surface area contributed by atoms with Crippen molar-refractivity contribution in [2.24, 2.45) is 0 Å². The van der Waals surface area contributed by atoms with Crippen LogP contribution in [0.3, 0.4) is 0 Å². The number of amides is 1. The normalized spacial score (nSPS) is 16.6. The van der Waals surface area contributed by atoms with Gasteiger partial charge in [0.2, 0.25) is 0 Å². The lowest BCUT2D eigenvalue weighted by Gasteiger charge is -2.12. The topological polar surface area (TPSA) is 63.2 Å². The Morgan fingerprint density at radius 2 is 2.24 bits per heavy atom. The molecule has 2 heterocycles. The highest BCUT2D eigenvalue weighted by Crippen LogP contribution is 2.14. The second kappa shape index (κ2) is 8.83. The van der Waals surface area contributed by atoms with Crippen LogP contribution < -0.4 is 10.6 Å². The first-order chi connectivity index (χ1) is 12.2. The van der Waals surface area contributed by atoms with Crippen LogP contribution in [0.4, 0.5) is 5.69 Å². The van der Waals surface area contributed by atoms with Crippen molar-refractivity contribution in [2.75, 3.05) is 25.0 Å².